The number of rotatable bonds is 9. The Labute approximate surface area is 169 Å². The Morgan fingerprint density at radius 3 is 2.52 bits per heavy atom. The molecule has 0 radical (unpaired) electrons. The van der Waals surface area contributed by atoms with Crippen molar-refractivity contribution < 1.29 is 27.9 Å². The number of benzene rings is 2. The van der Waals surface area contributed by atoms with Gasteiger partial charge < -0.3 is 20.9 Å². The maximum Gasteiger partial charge on any atom is 0.340 e. The number of hydrogen-bond acceptors (Lipinski definition) is 7. The smallest absolute Gasteiger partial charge is 0.340 e. The van der Waals surface area contributed by atoms with Crippen molar-refractivity contribution in [3.63, 3.8) is 0 Å². The first-order chi connectivity index (χ1) is 13.7. The van der Waals surface area contributed by atoms with Gasteiger partial charge in [0.05, 0.1) is 17.1 Å². The average Bonchev–Trinajstić information content (AvgIpc) is 2.70. The first kappa shape index (κ1) is 22.3. The zero-order valence-corrected chi connectivity index (χ0v) is 16.9. The highest BCUT2D eigenvalue weighted by Gasteiger charge is 2.22. The fourth-order valence-corrected chi connectivity index (χ4v) is 3.38. The molecule has 0 aliphatic carbocycles. The number of esters is 1. The highest BCUT2D eigenvalue weighted by Crippen LogP contribution is 2.23. The van der Waals surface area contributed by atoms with Crippen LogP contribution in [-0.4, -0.2) is 57.0 Å². The monoisotopic (exact) mass is 421 g/mol. The molecule has 0 saturated carbocycles. The lowest BCUT2D eigenvalue weighted by Crippen LogP contribution is -2.23. The van der Waals surface area contributed by atoms with Gasteiger partial charge in [-0.15, -0.1) is 0 Å². The van der Waals surface area contributed by atoms with Crippen LogP contribution in [0.4, 0.5) is 5.69 Å². The van der Waals surface area contributed by atoms with Gasteiger partial charge >= 0.3 is 5.97 Å². The van der Waals surface area contributed by atoms with Crippen molar-refractivity contribution in [1.82, 2.24) is 4.31 Å². The molecule has 10 heteroatoms. The molecule has 0 saturated heterocycles. The topological polar surface area (TPSA) is 139 Å². The van der Waals surface area contributed by atoms with E-state index in [0.29, 0.717) is 11.3 Å². The van der Waals surface area contributed by atoms with Crippen LogP contribution in [0.15, 0.2) is 47.4 Å². The van der Waals surface area contributed by atoms with E-state index in [2.05, 4.69) is 5.32 Å². The first-order valence-electron chi connectivity index (χ1n) is 8.64. The lowest BCUT2D eigenvalue weighted by atomic mass is 10.1. The molecular formula is C19H23N3O6S. The molecule has 2 aromatic carbocycles. The van der Waals surface area contributed by atoms with Gasteiger partial charge in [0.15, 0.2) is 0 Å². The molecule has 0 unspecified atom stereocenters. The lowest BCUT2D eigenvalue weighted by Gasteiger charge is -2.15. The predicted molar refractivity (Wildman–Crippen MR) is 107 cm³/mol. The molecule has 2 rings (SSSR count). The summed E-state index contributed by atoms with van der Waals surface area (Å²) < 4.78 is 31.1. The van der Waals surface area contributed by atoms with Crippen molar-refractivity contribution in [3.8, 4) is 0 Å². The molecule has 0 aliphatic heterocycles. The summed E-state index contributed by atoms with van der Waals surface area (Å²) in [6.07, 6.45) is 0. The molecule has 0 aliphatic rings. The van der Waals surface area contributed by atoms with Crippen LogP contribution >= 0.6 is 0 Å². The number of nitrogens with two attached hydrogens (primary N) is 1. The zero-order chi connectivity index (χ0) is 21.6. The van der Waals surface area contributed by atoms with E-state index in [1.807, 2.05) is 0 Å². The minimum atomic E-state index is -3.76. The summed E-state index contributed by atoms with van der Waals surface area (Å²) in [4.78, 5) is 23.8. The second-order valence-corrected chi connectivity index (χ2v) is 8.44. The SMILES string of the molecule is CN(C)S(=O)(=O)c1ccc(NCCO)c(C(=O)OCc2cccc(C(N)=O)c2)c1. The predicted octanol–water partition coefficient (Wildman–Crippen LogP) is 0.797. The molecule has 0 heterocycles. The second-order valence-electron chi connectivity index (χ2n) is 6.29. The average molecular weight is 421 g/mol. The number of aliphatic hydroxyl groups is 1. The highest BCUT2D eigenvalue weighted by molar-refractivity contribution is 7.89. The molecule has 2 aromatic rings. The molecule has 156 valence electrons. The van der Waals surface area contributed by atoms with Crippen LogP contribution in [0.3, 0.4) is 0 Å². The van der Waals surface area contributed by atoms with E-state index in [1.54, 1.807) is 18.2 Å². The van der Waals surface area contributed by atoms with E-state index >= 15 is 0 Å². The molecular weight excluding hydrogens is 398 g/mol. The third-order valence-electron chi connectivity index (χ3n) is 4.00. The number of amides is 1. The molecule has 1 amide bonds. The van der Waals surface area contributed by atoms with Crippen LogP contribution in [0.1, 0.15) is 26.3 Å². The maximum atomic E-state index is 12.6. The zero-order valence-electron chi connectivity index (χ0n) is 16.1. The van der Waals surface area contributed by atoms with Crippen LogP contribution in [0.5, 0.6) is 0 Å². The van der Waals surface area contributed by atoms with E-state index in [1.165, 1.54) is 38.4 Å². The Bertz CT molecular complexity index is 1000. The normalized spacial score (nSPS) is 11.3. The van der Waals surface area contributed by atoms with Gasteiger partial charge in [-0.25, -0.2) is 17.5 Å². The van der Waals surface area contributed by atoms with Gasteiger partial charge in [-0.05, 0) is 35.9 Å². The fraction of sp³-hybridized carbons (Fsp3) is 0.263. The van der Waals surface area contributed by atoms with E-state index in [9.17, 15) is 18.0 Å². The molecule has 0 bridgehead atoms. The highest BCUT2D eigenvalue weighted by atomic mass is 32.2. The third-order valence-corrected chi connectivity index (χ3v) is 5.81. The van der Waals surface area contributed by atoms with Gasteiger partial charge in [-0.3, -0.25) is 4.79 Å². The van der Waals surface area contributed by atoms with Crippen LogP contribution in [0.2, 0.25) is 0 Å². The lowest BCUT2D eigenvalue weighted by molar-refractivity contribution is 0.0473. The first-order valence-corrected chi connectivity index (χ1v) is 10.1. The molecule has 0 spiro atoms. The maximum absolute atomic E-state index is 12.6. The number of nitrogens with zero attached hydrogens (tertiary/aromatic N) is 1. The van der Waals surface area contributed by atoms with Gasteiger partial charge in [0, 0.05) is 31.9 Å². The second kappa shape index (κ2) is 9.50. The molecule has 29 heavy (non-hydrogen) atoms. The molecule has 0 atom stereocenters. The van der Waals surface area contributed by atoms with E-state index in [0.717, 1.165) is 4.31 Å². The van der Waals surface area contributed by atoms with Gasteiger partial charge in [-0.1, -0.05) is 12.1 Å². The van der Waals surface area contributed by atoms with Crippen LogP contribution < -0.4 is 11.1 Å². The molecule has 4 N–H and O–H groups in total. The minimum Gasteiger partial charge on any atom is -0.457 e. The summed E-state index contributed by atoms with van der Waals surface area (Å²) in [7, 11) is -0.984. The fourth-order valence-electron chi connectivity index (χ4n) is 2.45. The number of carbonyl (C=O) groups is 2. The Kier molecular flexibility index (Phi) is 7.32. The van der Waals surface area contributed by atoms with Crippen molar-refractivity contribution in [1.29, 1.82) is 0 Å². The number of hydrogen-bond donors (Lipinski definition) is 3. The van der Waals surface area contributed by atoms with Gasteiger partial charge in [0.1, 0.15) is 6.61 Å². The summed E-state index contributed by atoms with van der Waals surface area (Å²) in [6.45, 7) is -0.142. The quantitative estimate of drug-likeness (QED) is 0.509. The summed E-state index contributed by atoms with van der Waals surface area (Å²) >= 11 is 0. The number of nitrogens with one attached hydrogen (secondary N) is 1. The van der Waals surface area contributed by atoms with E-state index in [-0.39, 0.29) is 35.8 Å². The number of sulfonamides is 1. The summed E-state index contributed by atoms with van der Waals surface area (Å²) in [5.74, 6) is -1.36. The van der Waals surface area contributed by atoms with Crippen molar-refractivity contribution in [2.75, 3.05) is 32.6 Å². The van der Waals surface area contributed by atoms with Gasteiger partial charge in [-0.2, -0.15) is 0 Å². The number of carbonyl (C=O) groups excluding carboxylic acids is 2. The van der Waals surface area contributed by atoms with Crippen LogP contribution in [0.25, 0.3) is 0 Å². The van der Waals surface area contributed by atoms with Crippen molar-refractivity contribution in [2.24, 2.45) is 5.73 Å². The van der Waals surface area contributed by atoms with Gasteiger partial charge in [0.25, 0.3) is 0 Å². The minimum absolute atomic E-state index is 0.00688. The van der Waals surface area contributed by atoms with Crippen molar-refractivity contribution >= 4 is 27.6 Å². The Morgan fingerprint density at radius 2 is 1.90 bits per heavy atom. The Hall–Kier alpha value is -2.95. The molecule has 0 fully saturated rings. The summed E-state index contributed by atoms with van der Waals surface area (Å²) in [5, 5.41) is 11.9. The number of anilines is 1. The van der Waals surface area contributed by atoms with Gasteiger partial charge in [0.2, 0.25) is 15.9 Å². The standard InChI is InChI=1S/C19H23N3O6S/c1-22(2)29(26,27)15-6-7-17(21-8-9-23)16(11-15)19(25)28-12-13-4-3-5-14(10-13)18(20)24/h3-7,10-11,21,23H,8-9,12H2,1-2H3,(H2,20,24). The molecule has 9 nitrogen and oxygen atoms in total. The largest absolute Gasteiger partial charge is 0.457 e. The van der Waals surface area contributed by atoms with E-state index < -0.39 is 21.9 Å². The Balaban J connectivity index is 2.30. The van der Waals surface area contributed by atoms with E-state index in [4.69, 9.17) is 15.6 Å². The van der Waals surface area contributed by atoms with Crippen molar-refractivity contribution in [2.45, 2.75) is 11.5 Å². The van der Waals surface area contributed by atoms with Crippen LogP contribution in [0, 0.1) is 0 Å². The summed E-state index contributed by atoms with van der Waals surface area (Å²) in [6, 6.07) is 10.3. The summed E-state index contributed by atoms with van der Waals surface area (Å²) in [5.41, 5.74) is 6.41. The third kappa shape index (κ3) is 5.53. The number of primary amides is 1. The van der Waals surface area contributed by atoms with Crippen LogP contribution in [-0.2, 0) is 21.4 Å². The number of aliphatic hydroxyl groups excluding tert-OH is 1. The van der Waals surface area contributed by atoms with Crippen molar-refractivity contribution in [3.05, 3.63) is 59.2 Å². The number of ether oxygens (including phenoxy) is 1. The Morgan fingerprint density at radius 1 is 1.17 bits per heavy atom. The molecule has 0 aromatic heterocycles.